The highest BCUT2D eigenvalue weighted by molar-refractivity contribution is 7.98. The van der Waals surface area contributed by atoms with Crippen molar-refractivity contribution in [1.29, 1.82) is 0 Å². The summed E-state index contributed by atoms with van der Waals surface area (Å²) >= 11 is 1.79. The van der Waals surface area contributed by atoms with Crippen molar-refractivity contribution in [2.75, 3.05) is 0 Å². The molecule has 2 rings (SSSR count). The Labute approximate surface area is 113 Å². The Hall–Kier alpha value is -1.41. The van der Waals surface area contributed by atoms with Crippen LogP contribution in [0.5, 0.6) is 5.75 Å². The Morgan fingerprint density at radius 3 is 2.11 bits per heavy atom. The van der Waals surface area contributed by atoms with Gasteiger partial charge in [-0.3, -0.25) is 0 Å². The van der Waals surface area contributed by atoms with Crippen molar-refractivity contribution >= 4 is 11.8 Å². The van der Waals surface area contributed by atoms with Gasteiger partial charge in [0.2, 0.25) is 0 Å². The molecule has 2 aromatic carbocycles. The molecule has 0 saturated heterocycles. The lowest BCUT2D eigenvalue weighted by Crippen LogP contribution is -1.87. The van der Waals surface area contributed by atoms with Crippen LogP contribution in [0, 0.1) is 0 Å². The second kappa shape index (κ2) is 5.96. The first-order valence-electron chi connectivity index (χ1n) is 6.16. The largest absolute Gasteiger partial charge is 0.508 e. The molecule has 0 aromatic heterocycles. The van der Waals surface area contributed by atoms with E-state index in [9.17, 15) is 5.11 Å². The van der Waals surface area contributed by atoms with Gasteiger partial charge < -0.3 is 5.11 Å². The van der Waals surface area contributed by atoms with Crippen LogP contribution in [0.1, 0.15) is 30.9 Å². The normalized spacial score (nSPS) is 10.8. The van der Waals surface area contributed by atoms with E-state index in [1.807, 2.05) is 12.1 Å². The number of aromatic hydroxyl groups is 1. The lowest BCUT2D eigenvalue weighted by molar-refractivity contribution is 0.475. The van der Waals surface area contributed by atoms with Gasteiger partial charge in [0.1, 0.15) is 5.75 Å². The average Bonchev–Trinajstić information content (AvgIpc) is 2.38. The van der Waals surface area contributed by atoms with Gasteiger partial charge in [0.15, 0.2) is 0 Å². The number of hydrogen-bond donors (Lipinski definition) is 1. The molecule has 0 aliphatic carbocycles. The highest BCUT2D eigenvalue weighted by Crippen LogP contribution is 2.25. The smallest absolute Gasteiger partial charge is 0.115 e. The third kappa shape index (κ3) is 3.54. The van der Waals surface area contributed by atoms with E-state index >= 15 is 0 Å². The molecule has 0 aliphatic rings. The van der Waals surface area contributed by atoms with Gasteiger partial charge in [-0.1, -0.05) is 38.1 Å². The zero-order valence-electron chi connectivity index (χ0n) is 10.8. The van der Waals surface area contributed by atoms with Crippen LogP contribution >= 0.6 is 11.8 Å². The molecule has 0 aliphatic heterocycles. The summed E-state index contributed by atoms with van der Waals surface area (Å²) in [5, 5.41) is 9.22. The van der Waals surface area contributed by atoms with E-state index in [4.69, 9.17) is 0 Å². The number of hydrogen-bond acceptors (Lipinski definition) is 2. The van der Waals surface area contributed by atoms with Gasteiger partial charge in [-0.15, -0.1) is 11.8 Å². The molecule has 0 atom stereocenters. The SMILES string of the molecule is CC(C)c1ccc(CSc2ccc(O)cc2)cc1. The zero-order chi connectivity index (χ0) is 13.0. The number of thioether (sulfide) groups is 1. The summed E-state index contributed by atoms with van der Waals surface area (Å²) in [4.78, 5) is 1.18. The predicted octanol–water partition coefficient (Wildman–Crippen LogP) is 4.81. The van der Waals surface area contributed by atoms with Crippen LogP contribution in [0.2, 0.25) is 0 Å². The molecule has 0 bridgehead atoms. The minimum Gasteiger partial charge on any atom is -0.508 e. The van der Waals surface area contributed by atoms with E-state index in [2.05, 4.69) is 38.1 Å². The maximum Gasteiger partial charge on any atom is 0.115 e. The second-order valence-electron chi connectivity index (χ2n) is 4.68. The third-order valence-electron chi connectivity index (χ3n) is 2.89. The summed E-state index contributed by atoms with van der Waals surface area (Å²) < 4.78 is 0. The Morgan fingerprint density at radius 1 is 0.944 bits per heavy atom. The molecule has 94 valence electrons. The molecular formula is C16H18OS. The molecule has 1 N–H and O–H groups in total. The van der Waals surface area contributed by atoms with Crippen LogP contribution in [0.25, 0.3) is 0 Å². The quantitative estimate of drug-likeness (QED) is 0.794. The van der Waals surface area contributed by atoms with Crippen LogP contribution in [-0.4, -0.2) is 5.11 Å². The van der Waals surface area contributed by atoms with Gasteiger partial charge in [-0.05, 0) is 41.3 Å². The fourth-order valence-electron chi connectivity index (χ4n) is 1.71. The summed E-state index contributed by atoms with van der Waals surface area (Å²) in [6.07, 6.45) is 0. The predicted molar refractivity (Wildman–Crippen MR) is 78.2 cm³/mol. The van der Waals surface area contributed by atoms with E-state index in [1.54, 1.807) is 23.9 Å². The van der Waals surface area contributed by atoms with E-state index in [1.165, 1.54) is 16.0 Å². The Kier molecular flexibility index (Phi) is 4.32. The molecule has 1 nitrogen and oxygen atoms in total. The lowest BCUT2D eigenvalue weighted by atomic mass is 10.0. The second-order valence-corrected chi connectivity index (χ2v) is 5.73. The summed E-state index contributed by atoms with van der Waals surface area (Å²) in [5.74, 6) is 1.87. The van der Waals surface area contributed by atoms with Crippen LogP contribution in [0.15, 0.2) is 53.4 Å². The Bertz CT molecular complexity index is 486. The van der Waals surface area contributed by atoms with Crippen molar-refractivity contribution in [2.45, 2.75) is 30.4 Å². The Morgan fingerprint density at radius 2 is 1.56 bits per heavy atom. The number of phenolic OH excluding ortho intramolecular Hbond substituents is 1. The summed E-state index contributed by atoms with van der Waals surface area (Å²) in [7, 11) is 0. The topological polar surface area (TPSA) is 20.2 Å². The molecule has 0 radical (unpaired) electrons. The van der Waals surface area contributed by atoms with Crippen molar-refractivity contribution in [2.24, 2.45) is 0 Å². The fourth-order valence-corrected chi connectivity index (χ4v) is 2.56. The van der Waals surface area contributed by atoms with Crippen molar-refractivity contribution < 1.29 is 5.11 Å². The highest BCUT2D eigenvalue weighted by atomic mass is 32.2. The summed E-state index contributed by atoms with van der Waals surface area (Å²) in [6.45, 7) is 4.42. The molecule has 2 aromatic rings. The lowest BCUT2D eigenvalue weighted by Gasteiger charge is -2.07. The zero-order valence-corrected chi connectivity index (χ0v) is 11.6. The van der Waals surface area contributed by atoms with Gasteiger partial charge in [-0.2, -0.15) is 0 Å². The van der Waals surface area contributed by atoms with Gasteiger partial charge >= 0.3 is 0 Å². The van der Waals surface area contributed by atoms with Gasteiger partial charge in [0.05, 0.1) is 0 Å². The molecule has 18 heavy (non-hydrogen) atoms. The maximum absolute atomic E-state index is 9.22. The van der Waals surface area contributed by atoms with Crippen molar-refractivity contribution in [1.82, 2.24) is 0 Å². The first-order valence-corrected chi connectivity index (χ1v) is 7.14. The highest BCUT2D eigenvalue weighted by Gasteiger charge is 2.00. The standard InChI is InChI=1S/C16H18OS/c1-12(2)14-5-3-13(4-6-14)11-18-16-9-7-15(17)8-10-16/h3-10,12,17H,11H2,1-2H3. The van der Waals surface area contributed by atoms with Gasteiger partial charge in [0.25, 0.3) is 0 Å². The van der Waals surface area contributed by atoms with Crippen LogP contribution < -0.4 is 0 Å². The number of phenols is 1. The van der Waals surface area contributed by atoms with E-state index in [0.29, 0.717) is 11.7 Å². The summed E-state index contributed by atoms with van der Waals surface area (Å²) in [5.41, 5.74) is 2.71. The van der Waals surface area contributed by atoms with Crippen molar-refractivity contribution in [3.8, 4) is 5.75 Å². The first kappa shape index (κ1) is 13.0. The molecule has 2 heteroatoms. The van der Waals surface area contributed by atoms with Crippen LogP contribution in [-0.2, 0) is 5.75 Å². The van der Waals surface area contributed by atoms with Gasteiger partial charge in [-0.25, -0.2) is 0 Å². The van der Waals surface area contributed by atoms with E-state index < -0.39 is 0 Å². The number of benzene rings is 2. The van der Waals surface area contributed by atoms with Crippen molar-refractivity contribution in [3.05, 3.63) is 59.7 Å². The molecule has 0 amide bonds. The maximum atomic E-state index is 9.22. The monoisotopic (exact) mass is 258 g/mol. The van der Waals surface area contributed by atoms with E-state index in [-0.39, 0.29) is 0 Å². The minimum atomic E-state index is 0.320. The van der Waals surface area contributed by atoms with Crippen LogP contribution in [0.4, 0.5) is 0 Å². The summed E-state index contributed by atoms with van der Waals surface area (Å²) in [6, 6.07) is 16.2. The van der Waals surface area contributed by atoms with Gasteiger partial charge in [0, 0.05) is 10.6 Å². The minimum absolute atomic E-state index is 0.320. The van der Waals surface area contributed by atoms with Crippen LogP contribution in [0.3, 0.4) is 0 Å². The first-order chi connectivity index (χ1) is 8.65. The fraction of sp³-hybridized carbons (Fsp3) is 0.250. The molecule has 0 heterocycles. The molecule has 0 unspecified atom stereocenters. The third-order valence-corrected chi connectivity index (χ3v) is 3.97. The molecule has 0 spiro atoms. The van der Waals surface area contributed by atoms with E-state index in [0.717, 1.165) is 5.75 Å². The average molecular weight is 258 g/mol. The Balaban J connectivity index is 1.95. The molecule has 0 fully saturated rings. The van der Waals surface area contributed by atoms with Crippen molar-refractivity contribution in [3.63, 3.8) is 0 Å². The molecular weight excluding hydrogens is 240 g/mol. The molecule has 0 saturated carbocycles. The number of rotatable bonds is 4.